The first kappa shape index (κ1) is 13.7. The van der Waals surface area contributed by atoms with Gasteiger partial charge in [0.05, 0.1) is 0 Å². The van der Waals surface area contributed by atoms with Gasteiger partial charge in [-0.25, -0.2) is 18.2 Å². The molecule has 0 nitrogen and oxygen atoms in total. The maximum atomic E-state index is 3.43. The predicted molar refractivity (Wildman–Crippen MR) is 61.1 cm³/mol. The van der Waals surface area contributed by atoms with Crippen molar-refractivity contribution in [2.24, 2.45) is 0 Å². The van der Waals surface area contributed by atoms with Crippen molar-refractivity contribution in [1.82, 2.24) is 0 Å². The molecule has 76 valence electrons. The molecule has 0 aliphatic heterocycles. The van der Waals surface area contributed by atoms with Gasteiger partial charge in [-0.05, 0) is 0 Å². The van der Waals surface area contributed by atoms with Crippen molar-refractivity contribution in [3.05, 3.63) is 58.6 Å². The molecule has 2 aromatic carbocycles. The van der Waals surface area contributed by atoms with Gasteiger partial charge < -0.3 is 0 Å². The zero-order valence-corrected chi connectivity index (χ0v) is 10.7. The molecule has 0 heterocycles. The van der Waals surface area contributed by atoms with Crippen LogP contribution in [0.1, 0.15) is 12.5 Å². The van der Waals surface area contributed by atoms with E-state index in [1.165, 1.54) is 10.0 Å². The minimum Gasteiger partial charge on any atom is -0.214 e. The van der Waals surface area contributed by atoms with Crippen LogP contribution < -0.4 is 0 Å². The Balaban J connectivity index is 0.000000246. The fourth-order valence-corrected chi connectivity index (χ4v) is 1.61. The van der Waals surface area contributed by atoms with E-state index < -0.39 is 0 Å². The van der Waals surface area contributed by atoms with Crippen molar-refractivity contribution >= 4 is 15.9 Å². The van der Waals surface area contributed by atoms with Gasteiger partial charge in [-0.1, -0.05) is 33.7 Å². The summed E-state index contributed by atoms with van der Waals surface area (Å²) in [5.74, 6) is 0. The molecule has 0 aromatic heterocycles. The summed E-state index contributed by atoms with van der Waals surface area (Å²) in [5, 5.41) is 0. The Morgan fingerprint density at radius 1 is 1.21 bits per heavy atom. The van der Waals surface area contributed by atoms with Crippen LogP contribution in [0.2, 0.25) is 0 Å². The van der Waals surface area contributed by atoms with Gasteiger partial charge in [-0.3, -0.25) is 0 Å². The molecule has 0 aliphatic carbocycles. The third kappa shape index (κ3) is 4.80. The second-order valence-electron chi connectivity index (χ2n) is 2.71. The van der Waals surface area contributed by atoms with Crippen LogP contribution in [0.25, 0.3) is 0 Å². The van der Waals surface area contributed by atoms with Crippen LogP contribution in [-0.2, 0) is 23.5 Å². The van der Waals surface area contributed by atoms with Gasteiger partial charge in [0.2, 0.25) is 0 Å². The second-order valence-corrected chi connectivity index (χ2v) is 3.57. The quantitative estimate of drug-likeness (QED) is 0.547. The van der Waals surface area contributed by atoms with E-state index in [2.05, 4.69) is 41.1 Å². The zero-order chi connectivity index (χ0) is 9.52. The Hall–Kier alpha value is -0.301. The fourth-order valence-electron chi connectivity index (χ4n) is 1.04. The van der Waals surface area contributed by atoms with E-state index >= 15 is 0 Å². The van der Waals surface area contributed by atoms with Gasteiger partial charge in [0.15, 0.2) is 0 Å². The van der Waals surface area contributed by atoms with E-state index in [-0.39, 0.29) is 17.1 Å². The van der Waals surface area contributed by atoms with Gasteiger partial charge in [-0.15, -0.1) is 0 Å². The summed E-state index contributed by atoms with van der Waals surface area (Å²) in [6.07, 6.45) is 1.12. The van der Waals surface area contributed by atoms with Crippen molar-refractivity contribution in [3.8, 4) is 0 Å². The van der Waals surface area contributed by atoms with Gasteiger partial charge in [0.25, 0.3) is 0 Å². The molecule has 0 unspecified atom stereocenters. The van der Waals surface area contributed by atoms with Gasteiger partial charge in [0, 0.05) is 0 Å². The standard InChI is InChI=1S/C7H8Br.C5H5.Fe/c1-2-6-4-3-5-7(6)8;1-2-4-5-3-1;/h3-5H,2H2,1H3;1-5H;/q2*-1;+2. The molecule has 0 spiro atoms. The first-order chi connectivity index (χ1) is 6.34. The maximum absolute atomic E-state index is 3.43. The van der Waals surface area contributed by atoms with Gasteiger partial charge in [0.1, 0.15) is 0 Å². The summed E-state index contributed by atoms with van der Waals surface area (Å²) in [6.45, 7) is 2.15. The second kappa shape index (κ2) is 8.04. The number of hydrogen-bond donors (Lipinski definition) is 0. The van der Waals surface area contributed by atoms with Crippen LogP contribution in [0.3, 0.4) is 0 Å². The largest absolute Gasteiger partial charge is 2.00 e. The predicted octanol–water partition coefficient (Wildman–Crippen LogP) is 4.13. The zero-order valence-electron chi connectivity index (χ0n) is 8.06. The fraction of sp³-hybridized carbons (Fsp3) is 0.167. The SMILES string of the molecule is CCc1cc[cH-]c1Br.[Fe+2].c1cc[cH-]c1. The van der Waals surface area contributed by atoms with Crippen molar-refractivity contribution < 1.29 is 17.1 Å². The van der Waals surface area contributed by atoms with Crippen LogP contribution in [0.4, 0.5) is 0 Å². The number of hydrogen-bond acceptors (Lipinski definition) is 0. The molecule has 0 aliphatic rings. The van der Waals surface area contributed by atoms with Crippen molar-refractivity contribution in [3.63, 3.8) is 0 Å². The maximum Gasteiger partial charge on any atom is 2.00 e. The molecular weight excluding hydrogens is 280 g/mol. The van der Waals surface area contributed by atoms with E-state index in [9.17, 15) is 0 Å². The van der Waals surface area contributed by atoms with E-state index in [4.69, 9.17) is 0 Å². The van der Waals surface area contributed by atoms with Crippen LogP contribution in [0.5, 0.6) is 0 Å². The molecule has 0 saturated carbocycles. The van der Waals surface area contributed by atoms with E-state index in [1.54, 1.807) is 0 Å². The summed E-state index contributed by atoms with van der Waals surface area (Å²) in [4.78, 5) is 0. The Morgan fingerprint density at radius 2 is 1.86 bits per heavy atom. The molecule has 2 heteroatoms. The summed E-state index contributed by atoms with van der Waals surface area (Å²) in [7, 11) is 0. The third-order valence-corrected chi connectivity index (χ3v) is 2.56. The Morgan fingerprint density at radius 3 is 2.07 bits per heavy atom. The van der Waals surface area contributed by atoms with Crippen molar-refractivity contribution in [2.45, 2.75) is 13.3 Å². The topological polar surface area (TPSA) is 0 Å². The molecule has 0 amide bonds. The van der Waals surface area contributed by atoms with Crippen molar-refractivity contribution in [1.29, 1.82) is 0 Å². The molecule has 0 radical (unpaired) electrons. The van der Waals surface area contributed by atoms with Gasteiger partial charge >= 0.3 is 17.1 Å². The van der Waals surface area contributed by atoms with E-state index in [0.29, 0.717) is 0 Å². The minimum atomic E-state index is 0. The first-order valence-corrected chi connectivity index (χ1v) is 5.20. The molecule has 2 rings (SSSR count). The van der Waals surface area contributed by atoms with Crippen LogP contribution >= 0.6 is 15.9 Å². The molecule has 0 atom stereocenters. The number of halogens is 1. The first-order valence-electron chi connectivity index (χ1n) is 4.41. The third-order valence-electron chi connectivity index (χ3n) is 1.78. The molecule has 0 bridgehead atoms. The molecule has 2 aromatic rings. The molecular formula is C12H13BrFe. The summed E-state index contributed by atoms with van der Waals surface area (Å²) in [5.41, 5.74) is 1.39. The number of aryl methyl sites for hydroxylation is 1. The smallest absolute Gasteiger partial charge is 0.214 e. The summed E-state index contributed by atoms with van der Waals surface area (Å²) in [6, 6.07) is 16.3. The Bertz CT molecular complexity index is 291. The number of rotatable bonds is 1. The summed E-state index contributed by atoms with van der Waals surface area (Å²) < 4.78 is 1.24. The van der Waals surface area contributed by atoms with E-state index in [0.717, 1.165) is 6.42 Å². The average molecular weight is 293 g/mol. The van der Waals surface area contributed by atoms with Crippen LogP contribution in [-0.4, -0.2) is 0 Å². The van der Waals surface area contributed by atoms with Crippen LogP contribution in [0.15, 0.2) is 53.0 Å². The normalized spacial score (nSPS) is 8.43. The van der Waals surface area contributed by atoms with Crippen LogP contribution in [0, 0.1) is 0 Å². The van der Waals surface area contributed by atoms with E-state index in [1.807, 2.05) is 30.3 Å². The Kier molecular flexibility index (Phi) is 7.87. The Labute approximate surface area is 105 Å². The molecule has 14 heavy (non-hydrogen) atoms. The monoisotopic (exact) mass is 292 g/mol. The van der Waals surface area contributed by atoms with Gasteiger partial charge in [-0.2, -0.15) is 35.9 Å². The molecule has 0 saturated heterocycles. The van der Waals surface area contributed by atoms with Crippen molar-refractivity contribution in [2.75, 3.05) is 0 Å². The molecule has 0 fully saturated rings. The summed E-state index contributed by atoms with van der Waals surface area (Å²) >= 11 is 3.43. The minimum absolute atomic E-state index is 0. The molecule has 0 N–H and O–H groups in total. The average Bonchev–Trinajstić information content (AvgIpc) is 2.76.